The normalized spacial score (nSPS) is 14.8. The van der Waals surface area contributed by atoms with E-state index in [0.29, 0.717) is 15.9 Å². The molecule has 1 aliphatic rings. The van der Waals surface area contributed by atoms with Crippen molar-refractivity contribution < 1.29 is 14.3 Å². The fraction of sp³-hybridized carbons (Fsp3) is 0.400. The van der Waals surface area contributed by atoms with Crippen molar-refractivity contribution in [1.29, 1.82) is 0 Å². The second-order valence-corrected chi connectivity index (χ2v) is 4.12. The minimum absolute atomic E-state index is 0.239. The zero-order valence-corrected chi connectivity index (χ0v) is 9.78. The van der Waals surface area contributed by atoms with Gasteiger partial charge < -0.3 is 9.47 Å². The summed E-state index contributed by atoms with van der Waals surface area (Å²) in [4.78, 5) is 15.4. The number of carbonyl (C=O) groups excluding carboxylic acids is 1. The van der Waals surface area contributed by atoms with Crippen LogP contribution in [0.15, 0.2) is 16.9 Å². The minimum Gasteiger partial charge on any atom is -0.489 e. The first-order valence-corrected chi connectivity index (χ1v) is 5.40. The quantitative estimate of drug-likeness (QED) is 0.625. The maximum atomic E-state index is 11.4. The van der Waals surface area contributed by atoms with Gasteiger partial charge in [-0.3, -0.25) is 0 Å². The van der Waals surface area contributed by atoms with Gasteiger partial charge in [0.2, 0.25) is 0 Å². The number of nitrogens with zero attached hydrogens (tertiary/aromatic N) is 1. The van der Waals surface area contributed by atoms with Crippen molar-refractivity contribution in [3.8, 4) is 5.75 Å². The molecular formula is C10H10BrNO3. The summed E-state index contributed by atoms with van der Waals surface area (Å²) in [6.45, 7) is 0. The van der Waals surface area contributed by atoms with Crippen LogP contribution in [0.4, 0.5) is 0 Å². The Labute approximate surface area is 95.7 Å². The van der Waals surface area contributed by atoms with Crippen LogP contribution >= 0.6 is 15.9 Å². The highest BCUT2D eigenvalue weighted by Crippen LogP contribution is 2.30. The Morgan fingerprint density at radius 2 is 2.33 bits per heavy atom. The van der Waals surface area contributed by atoms with Crippen LogP contribution in [0.5, 0.6) is 5.75 Å². The smallest absolute Gasteiger partial charge is 0.343 e. The van der Waals surface area contributed by atoms with Crippen molar-refractivity contribution in [2.45, 2.75) is 18.9 Å². The number of esters is 1. The molecule has 0 spiro atoms. The third kappa shape index (κ3) is 2.47. The number of ether oxygens (including phenoxy) is 2. The second kappa shape index (κ2) is 4.18. The lowest BCUT2D eigenvalue weighted by Gasteiger charge is -2.08. The van der Waals surface area contributed by atoms with E-state index in [-0.39, 0.29) is 6.10 Å². The molecular weight excluding hydrogens is 262 g/mol. The Morgan fingerprint density at radius 3 is 2.93 bits per heavy atom. The molecule has 1 heterocycles. The van der Waals surface area contributed by atoms with Gasteiger partial charge in [-0.1, -0.05) is 0 Å². The Kier molecular flexibility index (Phi) is 2.90. The van der Waals surface area contributed by atoms with Gasteiger partial charge in [0.15, 0.2) is 0 Å². The Hall–Kier alpha value is -1.10. The zero-order valence-electron chi connectivity index (χ0n) is 8.20. The second-order valence-electron chi connectivity index (χ2n) is 3.31. The average molecular weight is 272 g/mol. The summed E-state index contributed by atoms with van der Waals surface area (Å²) in [5.74, 6) is 0.108. The summed E-state index contributed by atoms with van der Waals surface area (Å²) in [6.07, 6.45) is 3.78. The highest BCUT2D eigenvalue weighted by Gasteiger charge is 2.26. The van der Waals surface area contributed by atoms with Gasteiger partial charge in [0.1, 0.15) is 15.9 Å². The summed E-state index contributed by atoms with van der Waals surface area (Å²) in [5.41, 5.74) is 0.368. The lowest BCUT2D eigenvalue weighted by Crippen LogP contribution is -2.07. The molecule has 0 amide bonds. The van der Waals surface area contributed by atoms with Crippen molar-refractivity contribution >= 4 is 21.9 Å². The highest BCUT2D eigenvalue weighted by atomic mass is 79.9. The fourth-order valence-electron chi connectivity index (χ4n) is 1.14. The van der Waals surface area contributed by atoms with Crippen molar-refractivity contribution in [2.24, 2.45) is 0 Å². The Morgan fingerprint density at radius 1 is 1.60 bits per heavy atom. The first-order chi connectivity index (χ1) is 7.20. The number of methoxy groups -OCH3 is 1. The zero-order chi connectivity index (χ0) is 10.8. The van der Waals surface area contributed by atoms with E-state index >= 15 is 0 Å². The molecule has 0 bridgehead atoms. The predicted molar refractivity (Wildman–Crippen MR) is 56.9 cm³/mol. The number of carbonyl (C=O) groups is 1. The van der Waals surface area contributed by atoms with Crippen LogP contribution < -0.4 is 4.74 Å². The lowest BCUT2D eigenvalue weighted by molar-refractivity contribution is 0.0595. The van der Waals surface area contributed by atoms with E-state index in [2.05, 4.69) is 25.7 Å². The maximum absolute atomic E-state index is 11.4. The molecule has 1 aliphatic carbocycles. The summed E-state index contributed by atoms with van der Waals surface area (Å²) < 4.78 is 10.9. The van der Waals surface area contributed by atoms with E-state index < -0.39 is 5.97 Å². The van der Waals surface area contributed by atoms with Crippen molar-refractivity contribution in [2.75, 3.05) is 7.11 Å². The third-order valence-corrected chi connectivity index (χ3v) is 2.49. The molecule has 0 aromatic carbocycles. The molecule has 1 saturated carbocycles. The van der Waals surface area contributed by atoms with Crippen molar-refractivity contribution in [3.05, 3.63) is 22.4 Å². The predicted octanol–water partition coefficient (Wildman–Crippen LogP) is 2.17. The van der Waals surface area contributed by atoms with Gasteiger partial charge in [0.05, 0.1) is 13.2 Å². The number of pyridine rings is 1. The minimum atomic E-state index is -0.425. The molecule has 2 rings (SSSR count). The van der Waals surface area contributed by atoms with E-state index in [1.54, 1.807) is 6.07 Å². The SMILES string of the molecule is COC(=O)c1cnc(Br)cc1OC1CC1. The molecule has 1 fully saturated rings. The molecule has 15 heavy (non-hydrogen) atoms. The molecule has 5 heteroatoms. The fourth-order valence-corrected chi connectivity index (χ4v) is 1.45. The molecule has 1 aromatic heterocycles. The van der Waals surface area contributed by atoms with Gasteiger partial charge >= 0.3 is 5.97 Å². The third-order valence-electron chi connectivity index (χ3n) is 2.06. The van der Waals surface area contributed by atoms with Gasteiger partial charge in [-0.25, -0.2) is 9.78 Å². The standard InChI is InChI=1S/C10H10BrNO3/c1-14-10(13)7-5-12-9(11)4-8(7)15-6-2-3-6/h4-6H,2-3H2,1H3. The van der Waals surface area contributed by atoms with Gasteiger partial charge in [-0.05, 0) is 28.8 Å². The number of hydrogen-bond donors (Lipinski definition) is 0. The van der Waals surface area contributed by atoms with Gasteiger partial charge in [0, 0.05) is 12.3 Å². The lowest BCUT2D eigenvalue weighted by atomic mass is 10.2. The number of rotatable bonds is 3. The maximum Gasteiger partial charge on any atom is 0.343 e. The molecule has 0 aliphatic heterocycles. The number of halogens is 1. The summed E-state index contributed by atoms with van der Waals surface area (Å²) in [6, 6.07) is 1.69. The van der Waals surface area contributed by atoms with Crippen LogP contribution in [-0.4, -0.2) is 24.2 Å². The van der Waals surface area contributed by atoms with Crippen LogP contribution in [0.2, 0.25) is 0 Å². The van der Waals surface area contributed by atoms with Crippen molar-refractivity contribution in [3.63, 3.8) is 0 Å². The molecule has 0 radical (unpaired) electrons. The Balaban J connectivity index is 2.29. The van der Waals surface area contributed by atoms with E-state index in [1.165, 1.54) is 13.3 Å². The van der Waals surface area contributed by atoms with Gasteiger partial charge in [-0.15, -0.1) is 0 Å². The van der Waals surface area contributed by atoms with Crippen LogP contribution in [0.25, 0.3) is 0 Å². The van der Waals surface area contributed by atoms with Crippen LogP contribution in [-0.2, 0) is 4.74 Å². The van der Waals surface area contributed by atoms with Gasteiger partial charge in [-0.2, -0.15) is 0 Å². The van der Waals surface area contributed by atoms with E-state index in [1.807, 2.05) is 0 Å². The summed E-state index contributed by atoms with van der Waals surface area (Å²) in [5, 5.41) is 0. The Bertz CT molecular complexity index is 390. The molecule has 0 saturated heterocycles. The summed E-state index contributed by atoms with van der Waals surface area (Å²) in [7, 11) is 1.34. The van der Waals surface area contributed by atoms with Crippen LogP contribution in [0, 0.1) is 0 Å². The largest absolute Gasteiger partial charge is 0.489 e. The van der Waals surface area contributed by atoms with Crippen LogP contribution in [0.3, 0.4) is 0 Å². The van der Waals surface area contributed by atoms with Gasteiger partial charge in [0.25, 0.3) is 0 Å². The van der Waals surface area contributed by atoms with Crippen LogP contribution in [0.1, 0.15) is 23.2 Å². The highest BCUT2D eigenvalue weighted by molar-refractivity contribution is 9.10. The number of hydrogen-bond acceptors (Lipinski definition) is 4. The van der Waals surface area contributed by atoms with E-state index in [4.69, 9.17) is 4.74 Å². The molecule has 4 nitrogen and oxygen atoms in total. The average Bonchev–Trinajstić information content (AvgIpc) is 3.01. The van der Waals surface area contributed by atoms with E-state index in [9.17, 15) is 4.79 Å². The molecule has 0 N–H and O–H groups in total. The molecule has 0 unspecified atom stereocenters. The molecule has 1 aromatic rings. The van der Waals surface area contributed by atoms with Crippen molar-refractivity contribution in [1.82, 2.24) is 4.98 Å². The molecule has 80 valence electrons. The monoisotopic (exact) mass is 271 g/mol. The summed E-state index contributed by atoms with van der Waals surface area (Å²) >= 11 is 3.23. The number of aromatic nitrogens is 1. The first-order valence-electron chi connectivity index (χ1n) is 4.61. The van der Waals surface area contributed by atoms with E-state index in [0.717, 1.165) is 12.8 Å². The topological polar surface area (TPSA) is 48.4 Å². The first kappa shape index (κ1) is 10.4. The molecule has 0 atom stereocenters.